The Morgan fingerprint density at radius 3 is 2.73 bits per heavy atom. The van der Waals surface area contributed by atoms with Crippen LogP contribution < -0.4 is 9.47 Å². The van der Waals surface area contributed by atoms with E-state index in [-0.39, 0.29) is 18.3 Å². The molecule has 4 rings (SSSR count). The zero-order chi connectivity index (χ0) is 21.1. The van der Waals surface area contributed by atoms with Crippen LogP contribution in [0, 0.1) is 0 Å². The minimum Gasteiger partial charge on any atom is -0.494 e. The van der Waals surface area contributed by atoms with Gasteiger partial charge in [-0.1, -0.05) is 17.7 Å². The van der Waals surface area contributed by atoms with Gasteiger partial charge in [0.2, 0.25) is 11.7 Å². The molecule has 0 radical (unpaired) electrons. The van der Waals surface area contributed by atoms with Gasteiger partial charge in [-0.2, -0.15) is 0 Å². The monoisotopic (exact) mass is 423 g/mol. The van der Waals surface area contributed by atoms with Crippen LogP contribution >= 0.6 is 11.6 Å². The zero-order valence-electron chi connectivity index (χ0n) is 16.3. The second-order valence-corrected chi connectivity index (χ2v) is 6.84. The Balaban J connectivity index is 1.78. The van der Waals surface area contributed by atoms with Crippen LogP contribution in [0.2, 0.25) is 5.02 Å². The second-order valence-electron chi connectivity index (χ2n) is 6.40. The molecular formula is C22H18ClN3O4. The minimum absolute atomic E-state index is 0.182. The SMILES string of the molecule is COCc1nc2c(C(=O)c3cccnc3Oc3cccc(Cl)c3)ccc(OC)c2[nH]1. The first-order chi connectivity index (χ1) is 14.6. The minimum atomic E-state index is -0.275. The molecule has 0 aliphatic rings. The summed E-state index contributed by atoms with van der Waals surface area (Å²) in [5.74, 6) is 1.56. The number of methoxy groups -OCH3 is 2. The number of halogens is 1. The van der Waals surface area contributed by atoms with Crippen molar-refractivity contribution < 1.29 is 19.0 Å². The number of imidazole rings is 1. The van der Waals surface area contributed by atoms with Crippen molar-refractivity contribution in [1.29, 1.82) is 0 Å². The molecule has 1 N–H and O–H groups in total. The summed E-state index contributed by atoms with van der Waals surface area (Å²) in [4.78, 5) is 25.3. The summed E-state index contributed by atoms with van der Waals surface area (Å²) in [6.45, 7) is 0.279. The molecule has 2 aromatic carbocycles. The predicted octanol–water partition coefficient (Wildman–Crippen LogP) is 4.79. The number of aromatic amines is 1. The molecule has 0 unspecified atom stereocenters. The number of aromatic nitrogens is 3. The Labute approximate surface area is 177 Å². The highest BCUT2D eigenvalue weighted by molar-refractivity contribution is 6.30. The first-order valence-corrected chi connectivity index (χ1v) is 9.46. The first kappa shape index (κ1) is 19.9. The van der Waals surface area contributed by atoms with E-state index in [2.05, 4.69) is 15.0 Å². The molecule has 0 saturated heterocycles. The molecule has 2 aromatic heterocycles. The number of carbonyl (C=O) groups excluding carboxylic acids is 1. The summed E-state index contributed by atoms with van der Waals surface area (Å²) < 4.78 is 16.4. The Kier molecular flexibility index (Phi) is 5.65. The van der Waals surface area contributed by atoms with Crippen molar-refractivity contribution in [3.63, 3.8) is 0 Å². The molecule has 152 valence electrons. The number of rotatable bonds is 7. The van der Waals surface area contributed by atoms with Gasteiger partial charge < -0.3 is 19.2 Å². The van der Waals surface area contributed by atoms with Crippen molar-refractivity contribution in [1.82, 2.24) is 15.0 Å². The fourth-order valence-corrected chi connectivity index (χ4v) is 3.29. The Morgan fingerprint density at radius 1 is 1.10 bits per heavy atom. The number of benzene rings is 2. The van der Waals surface area contributed by atoms with Crippen LogP contribution in [0.4, 0.5) is 0 Å². The van der Waals surface area contributed by atoms with E-state index in [1.165, 1.54) is 0 Å². The van der Waals surface area contributed by atoms with Crippen molar-refractivity contribution in [3.05, 3.63) is 76.7 Å². The van der Waals surface area contributed by atoms with E-state index in [1.54, 1.807) is 68.9 Å². The number of ether oxygens (including phenoxy) is 3. The number of hydrogen-bond acceptors (Lipinski definition) is 6. The normalized spacial score (nSPS) is 10.9. The van der Waals surface area contributed by atoms with Crippen molar-refractivity contribution in [2.75, 3.05) is 14.2 Å². The van der Waals surface area contributed by atoms with E-state index in [9.17, 15) is 4.79 Å². The van der Waals surface area contributed by atoms with Crippen LogP contribution in [0.1, 0.15) is 21.7 Å². The summed E-state index contributed by atoms with van der Waals surface area (Å²) in [5.41, 5.74) is 1.81. The van der Waals surface area contributed by atoms with Gasteiger partial charge in [-0.05, 0) is 42.5 Å². The highest BCUT2D eigenvalue weighted by Crippen LogP contribution is 2.31. The predicted molar refractivity (Wildman–Crippen MR) is 113 cm³/mol. The molecule has 8 heteroatoms. The first-order valence-electron chi connectivity index (χ1n) is 9.08. The van der Waals surface area contributed by atoms with Crippen LogP contribution in [0.3, 0.4) is 0 Å². The van der Waals surface area contributed by atoms with Gasteiger partial charge in [0, 0.05) is 18.3 Å². The maximum Gasteiger partial charge on any atom is 0.230 e. The fraction of sp³-hybridized carbons (Fsp3) is 0.136. The van der Waals surface area contributed by atoms with Crippen LogP contribution in [-0.4, -0.2) is 35.0 Å². The summed E-state index contributed by atoms with van der Waals surface area (Å²) >= 11 is 6.03. The fourth-order valence-electron chi connectivity index (χ4n) is 3.11. The van der Waals surface area contributed by atoms with Gasteiger partial charge in [0.15, 0.2) is 0 Å². The second kappa shape index (κ2) is 8.52. The van der Waals surface area contributed by atoms with Gasteiger partial charge in [0.1, 0.15) is 35.0 Å². The lowest BCUT2D eigenvalue weighted by Gasteiger charge is -2.10. The molecule has 0 spiro atoms. The van der Waals surface area contributed by atoms with Crippen molar-refractivity contribution >= 4 is 28.4 Å². The Bertz CT molecular complexity index is 1220. The quantitative estimate of drug-likeness (QED) is 0.430. The van der Waals surface area contributed by atoms with E-state index < -0.39 is 0 Å². The smallest absolute Gasteiger partial charge is 0.230 e. The third-order valence-corrected chi connectivity index (χ3v) is 4.66. The van der Waals surface area contributed by atoms with Crippen molar-refractivity contribution in [2.24, 2.45) is 0 Å². The van der Waals surface area contributed by atoms with Crippen LogP contribution in [0.15, 0.2) is 54.7 Å². The van der Waals surface area contributed by atoms with Gasteiger partial charge in [0.25, 0.3) is 0 Å². The topological polar surface area (TPSA) is 86.3 Å². The zero-order valence-corrected chi connectivity index (χ0v) is 17.1. The largest absolute Gasteiger partial charge is 0.494 e. The lowest BCUT2D eigenvalue weighted by molar-refractivity contribution is 0.103. The van der Waals surface area contributed by atoms with Gasteiger partial charge in [-0.3, -0.25) is 4.79 Å². The Morgan fingerprint density at radius 2 is 1.97 bits per heavy atom. The molecule has 2 heterocycles. The summed E-state index contributed by atoms with van der Waals surface area (Å²) in [6, 6.07) is 13.6. The molecule has 7 nitrogen and oxygen atoms in total. The molecule has 30 heavy (non-hydrogen) atoms. The number of pyridine rings is 1. The van der Waals surface area contributed by atoms with E-state index in [0.29, 0.717) is 44.5 Å². The summed E-state index contributed by atoms with van der Waals surface area (Å²) in [7, 11) is 3.14. The highest BCUT2D eigenvalue weighted by Gasteiger charge is 2.22. The van der Waals surface area contributed by atoms with Crippen molar-refractivity contribution in [3.8, 4) is 17.4 Å². The number of fused-ring (bicyclic) bond motifs is 1. The lowest BCUT2D eigenvalue weighted by Crippen LogP contribution is -2.06. The molecular weight excluding hydrogens is 406 g/mol. The van der Waals surface area contributed by atoms with Crippen LogP contribution in [0.5, 0.6) is 17.4 Å². The van der Waals surface area contributed by atoms with Crippen LogP contribution in [0.25, 0.3) is 11.0 Å². The van der Waals surface area contributed by atoms with Crippen LogP contribution in [-0.2, 0) is 11.3 Å². The molecule has 0 bridgehead atoms. The average molecular weight is 424 g/mol. The molecule has 4 aromatic rings. The number of H-pyrrole nitrogens is 1. The lowest BCUT2D eigenvalue weighted by atomic mass is 10.0. The van der Waals surface area contributed by atoms with Gasteiger partial charge in [-0.15, -0.1) is 0 Å². The van der Waals surface area contributed by atoms with E-state index >= 15 is 0 Å². The third kappa shape index (κ3) is 3.85. The van der Waals surface area contributed by atoms with Crippen molar-refractivity contribution in [2.45, 2.75) is 6.61 Å². The standard InChI is InChI=1S/C22H18ClN3O4/c1-28-12-18-25-19-15(8-9-17(29-2)20(19)26-18)21(27)16-7-4-10-24-22(16)30-14-6-3-5-13(23)11-14/h3-11H,12H2,1-2H3,(H,25,26). The maximum absolute atomic E-state index is 13.4. The van der Waals surface area contributed by atoms with Gasteiger partial charge >= 0.3 is 0 Å². The number of nitrogens with one attached hydrogen (secondary N) is 1. The van der Waals surface area contributed by atoms with Gasteiger partial charge in [0.05, 0.1) is 18.2 Å². The molecule has 0 atom stereocenters. The van der Waals surface area contributed by atoms with E-state index in [0.717, 1.165) is 0 Å². The molecule has 0 aliphatic carbocycles. The molecule has 0 amide bonds. The number of ketones is 1. The molecule has 0 saturated carbocycles. The van der Waals surface area contributed by atoms with Gasteiger partial charge in [-0.25, -0.2) is 9.97 Å². The number of nitrogens with zero attached hydrogens (tertiary/aromatic N) is 2. The van der Waals surface area contributed by atoms with E-state index in [1.807, 2.05) is 0 Å². The third-order valence-electron chi connectivity index (χ3n) is 4.43. The molecule has 0 aliphatic heterocycles. The Hall–Kier alpha value is -3.42. The number of hydrogen-bond donors (Lipinski definition) is 1. The van der Waals surface area contributed by atoms with E-state index in [4.69, 9.17) is 25.8 Å². The summed E-state index contributed by atoms with van der Waals surface area (Å²) in [5, 5.41) is 0.523. The summed E-state index contributed by atoms with van der Waals surface area (Å²) in [6.07, 6.45) is 1.56. The average Bonchev–Trinajstić information content (AvgIpc) is 3.17. The molecule has 0 fully saturated rings. The highest BCUT2D eigenvalue weighted by atomic mass is 35.5. The maximum atomic E-state index is 13.4. The number of carbonyl (C=O) groups is 1.